The fourth-order valence-corrected chi connectivity index (χ4v) is 2.73. The summed E-state index contributed by atoms with van der Waals surface area (Å²) in [6.07, 6.45) is 0.860. The summed E-state index contributed by atoms with van der Waals surface area (Å²) in [5.41, 5.74) is 4.36. The lowest BCUT2D eigenvalue weighted by Crippen LogP contribution is -2.36. The molecule has 3 rings (SSSR count). The maximum atomic E-state index is 12.1. The van der Waals surface area contributed by atoms with Crippen molar-refractivity contribution in [3.8, 4) is 5.75 Å². The predicted molar refractivity (Wildman–Crippen MR) is 84.0 cm³/mol. The van der Waals surface area contributed by atoms with Crippen molar-refractivity contribution in [2.75, 3.05) is 6.54 Å². The lowest BCUT2D eigenvalue weighted by Gasteiger charge is -2.12. The number of aryl methyl sites for hydroxylation is 1. The van der Waals surface area contributed by atoms with E-state index in [1.807, 2.05) is 39.0 Å². The Morgan fingerprint density at radius 1 is 1.36 bits per heavy atom. The number of para-hydroxylation sites is 1. The zero-order valence-electron chi connectivity index (χ0n) is 13.2. The van der Waals surface area contributed by atoms with Crippen molar-refractivity contribution < 1.29 is 9.53 Å². The number of aromatic nitrogens is 2. The molecule has 1 aliphatic rings. The summed E-state index contributed by atoms with van der Waals surface area (Å²) in [5.74, 6) is 0.890. The Bertz CT molecular complexity index is 681. The van der Waals surface area contributed by atoms with E-state index in [9.17, 15) is 4.79 Å². The average molecular weight is 299 g/mol. The normalized spacial score (nSPS) is 16.2. The third kappa shape index (κ3) is 2.84. The summed E-state index contributed by atoms with van der Waals surface area (Å²) in [5, 5.41) is 7.33. The van der Waals surface area contributed by atoms with Crippen molar-refractivity contribution in [2.45, 2.75) is 39.8 Å². The first-order valence-corrected chi connectivity index (χ1v) is 7.56. The SMILES string of the molecule is Cc1nn(CC(=O)NC[C@@H]2Cc3ccccc3O2)c(C)c1C. The minimum atomic E-state index is -0.0369. The number of rotatable bonds is 4. The van der Waals surface area contributed by atoms with Gasteiger partial charge < -0.3 is 10.1 Å². The number of fused-ring (bicyclic) bond motifs is 1. The second-order valence-electron chi connectivity index (χ2n) is 5.81. The lowest BCUT2D eigenvalue weighted by molar-refractivity contribution is -0.122. The van der Waals surface area contributed by atoms with Crippen LogP contribution in [0.1, 0.15) is 22.5 Å². The molecule has 0 radical (unpaired) electrons. The highest BCUT2D eigenvalue weighted by atomic mass is 16.5. The first kappa shape index (κ1) is 14.6. The van der Waals surface area contributed by atoms with Gasteiger partial charge in [0.2, 0.25) is 5.91 Å². The van der Waals surface area contributed by atoms with Crippen LogP contribution >= 0.6 is 0 Å². The molecule has 0 bridgehead atoms. The molecule has 1 aromatic carbocycles. The molecule has 0 aliphatic carbocycles. The Morgan fingerprint density at radius 2 is 2.14 bits per heavy atom. The highest BCUT2D eigenvalue weighted by Gasteiger charge is 2.22. The van der Waals surface area contributed by atoms with E-state index in [0.717, 1.165) is 29.1 Å². The van der Waals surface area contributed by atoms with E-state index < -0.39 is 0 Å². The second-order valence-corrected chi connectivity index (χ2v) is 5.81. The van der Waals surface area contributed by atoms with Gasteiger partial charge >= 0.3 is 0 Å². The fourth-order valence-electron chi connectivity index (χ4n) is 2.73. The van der Waals surface area contributed by atoms with Crippen molar-refractivity contribution in [2.24, 2.45) is 0 Å². The summed E-state index contributed by atoms with van der Waals surface area (Å²) >= 11 is 0. The van der Waals surface area contributed by atoms with E-state index in [1.54, 1.807) is 4.68 Å². The van der Waals surface area contributed by atoms with Crippen molar-refractivity contribution in [1.82, 2.24) is 15.1 Å². The molecule has 2 aromatic rings. The van der Waals surface area contributed by atoms with Gasteiger partial charge in [0.05, 0.1) is 12.2 Å². The molecule has 5 nitrogen and oxygen atoms in total. The molecular formula is C17H21N3O2. The Morgan fingerprint density at radius 3 is 2.82 bits per heavy atom. The van der Waals surface area contributed by atoms with Crippen LogP contribution in [0.15, 0.2) is 24.3 Å². The van der Waals surface area contributed by atoms with Gasteiger partial charge in [-0.15, -0.1) is 0 Å². The highest BCUT2D eigenvalue weighted by Crippen LogP contribution is 2.27. The average Bonchev–Trinajstić information content (AvgIpc) is 3.02. The van der Waals surface area contributed by atoms with Gasteiger partial charge in [-0.25, -0.2) is 0 Å². The Labute approximate surface area is 130 Å². The smallest absolute Gasteiger partial charge is 0.241 e. The van der Waals surface area contributed by atoms with Gasteiger partial charge in [0.25, 0.3) is 0 Å². The van der Waals surface area contributed by atoms with Crippen LogP contribution in [0.3, 0.4) is 0 Å². The number of hydrogen-bond acceptors (Lipinski definition) is 3. The first-order valence-electron chi connectivity index (χ1n) is 7.56. The number of benzene rings is 1. The summed E-state index contributed by atoms with van der Waals surface area (Å²) in [4.78, 5) is 12.1. The van der Waals surface area contributed by atoms with Gasteiger partial charge in [0.1, 0.15) is 18.4 Å². The van der Waals surface area contributed by atoms with Crippen molar-refractivity contribution in [3.05, 3.63) is 46.8 Å². The number of carbonyl (C=O) groups is 1. The minimum absolute atomic E-state index is 0.0172. The number of amides is 1. The van der Waals surface area contributed by atoms with Gasteiger partial charge in [-0.3, -0.25) is 9.48 Å². The topological polar surface area (TPSA) is 56.2 Å². The molecule has 0 spiro atoms. The largest absolute Gasteiger partial charge is 0.488 e. The maximum Gasteiger partial charge on any atom is 0.241 e. The second kappa shape index (κ2) is 5.83. The zero-order chi connectivity index (χ0) is 15.7. The van der Waals surface area contributed by atoms with Crippen LogP contribution in [0.5, 0.6) is 5.75 Å². The molecule has 0 unspecified atom stereocenters. The van der Waals surface area contributed by atoms with Crippen LogP contribution in [0.4, 0.5) is 0 Å². The van der Waals surface area contributed by atoms with E-state index in [1.165, 1.54) is 5.56 Å². The molecule has 1 aliphatic heterocycles. The standard InChI is InChI=1S/C17H21N3O2/c1-11-12(2)19-20(13(11)3)10-17(21)18-9-15-8-14-6-4-5-7-16(14)22-15/h4-7,15H,8-10H2,1-3H3,(H,18,21)/t15-/m0/s1. The molecule has 0 fully saturated rings. The Hall–Kier alpha value is -2.30. The van der Waals surface area contributed by atoms with Crippen LogP contribution in [-0.4, -0.2) is 28.3 Å². The van der Waals surface area contributed by atoms with Crippen LogP contribution in [0.2, 0.25) is 0 Å². The highest BCUT2D eigenvalue weighted by molar-refractivity contribution is 5.75. The van der Waals surface area contributed by atoms with E-state index in [4.69, 9.17) is 4.74 Å². The summed E-state index contributed by atoms with van der Waals surface area (Å²) in [7, 11) is 0. The van der Waals surface area contributed by atoms with Gasteiger partial charge in [-0.2, -0.15) is 5.10 Å². The van der Waals surface area contributed by atoms with Crippen LogP contribution in [-0.2, 0) is 17.8 Å². The first-order chi connectivity index (χ1) is 10.5. The van der Waals surface area contributed by atoms with Crippen molar-refractivity contribution in [1.29, 1.82) is 0 Å². The summed E-state index contributed by atoms with van der Waals surface area (Å²) in [6.45, 7) is 6.74. The van der Waals surface area contributed by atoms with E-state index >= 15 is 0 Å². The maximum absolute atomic E-state index is 12.1. The molecule has 1 aromatic heterocycles. The van der Waals surface area contributed by atoms with E-state index in [2.05, 4.69) is 16.5 Å². The molecule has 116 valence electrons. The molecule has 2 heterocycles. The molecule has 1 atom stereocenters. The predicted octanol–water partition coefficient (Wildman–Crippen LogP) is 1.93. The monoisotopic (exact) mass is 299 g/mol. The molecule has 0 saturated heterocycles. The van der Waals surface area contributed by atoms with Gasteiger partial charge in [-0.1, -0.05) is 18.2 Å². The quantitative estimate of drug-likeness (QED) is 0.938. The summed E-state index contributed by atoms with van der Waals surface area (Å²) < 4.78 is 7.57. The van der Waals surface area contributed by atoms with Crippen LogP contribution in [0, 0.1) is 20.8 Å². The fraction of sp³-hybridized carbons (Fsp3) is 0.412. The molecule has 0 saturated carbocycles. The molecule has 22 heavy (non-hydrogen) atoms. The number of nitrogens with one attached hydrogen (secondary N) is 1. The lowest BCUT2D eigenvalue weighted by atomic mass is 10.1. The van der Waals surface area contributed by atoms with Crippen LogP contribution in [0.25, 0.3) is 0 Å². The van der Waals surface area contributed by atoms with E-state index in [0.29, 0.717) is 6.54 Å². The zero-order valence-corrected chi connectivity index (χ0v) is 13.2. The summed E-state index contributed by atoms with van der Waals surface area (Å²) in [6, 6.07) is 8.00. The molecular weight excluding hydrogens is 278 g/mol. The van der Waals surface area contributed by atoms with E-state index in [-0.39, 0.29) is 18.6 Å². The molecule has 1 amide bonds. The van der Waals surface area contributed by atoms with Gasteiger partial charge in [0.15, 0.2) is 0 Å². The third-order valence-electron chi connectivity index (χ3n) is 4.28. The number of carbonyl (C=O) groups excluding carboxylic acids is 1. The number of hydrogen-bond donors (Lipinski definition) is 1. The van der Waals surface area contributed by atoms with Crippen molar-refractivity contribution >= 4 is 5.91 Å². The minimum Gasteiger partial charge on any atom is -0.488 e. The third-order valence-corrected chi connectivity index (χ3v) is 4.28. The Balaban J connectivity index is 1.52. The Kier molecular flexibility index (Phi) is 3.88. The number of nitrogens with zero attached hydrogens (tertiary/aromatic N) is 2. The molecule has 1 N–H and O–H groups in total. The van der Waals surface area contributed by atoms with Gasteiger partial charge in [-0.05, 0) is 38.0 Å². The van der Waals surface area contributed by atoms with Crippen molar-refractivity contribution in [3.63, 3.8) is 0 Å². The van der Waals surface area contributed by atoms with Gasteiger partial charge in [0, 0.05) is 12.1 Å². The molecule has 5 heteroatoms. The number of ether oxygens (including phenoxy) is 1. The van der Waals surface area contributed by atoms with Crippen LogP contribution < -0.4 is 10.1 Å².